The van der Waals surface area contributed by atoms with Crippen molar-refractivity contribution in [3.05, 3.63) is 90.3 Å². The fourth-order valence-corrected chi connectivity index (χ4v) is 3.94. The molecule has 0 saturated carbocycles. The van der Waals surface area contributed by atoms with Gasteiger partial charge in [0.1, 0.15) is 17.9 Å². The highest BCUT2D eigenvalue weighted by molar-refractivity contribution is 6.04. The number of hydrogen-bond acceptors (Lipinski definition) is 5. The molecule has 1 N–H and O–H groups in total. The third-order valence-electron chi connectivity index (χ3n) is 5.54. The van der Waals surface area contributed by atoms with Crippen molar-refractivity contribution in [1.82, 2.24) is 0 Å². The summed E-state index contributed by atoms with van der Waals surface area (Å²) in [6, 6.07) is 29.9. The normalized spacial score (nSPS) is 12.2. The first-order valence-electron chi connectivity index (χ1n) is 11.0. The second-order valence-electron chi connectivity index (χ2n) is 7.91. The molecule has 0 bridgehead atoms. The van der Waals surface area contributed by atoms with Crippen molar-refractivity contribution in [2.45, 2.75) is 19.8 Å². The van der Waals surface area contributed by atoms with Gasteiger partial charge in [-0.25, -0.2) is 23.6 Å². The number of halogens is 1. The number of benzene rings is 4. The van der Waals surface area contributed by atoms with Crippen LogP contribution >= 0.6 is 0 Å². The fourth-order valence-electron chi connectivity index (χ4n) is 3.94. The van der Waals surface area contributed by atoms with E-state index in [-0.39, 0.29) is 0 Å². The van der Waals surface area contributed by atoms with Crippen LogP contribution in [0.2, 0.25) is 0 Å². The van der Waals surface area contributed by atoms with Gasteiger partial charge in [0, 0.05) is 17.4 Å². The van der Waals surface area contributed by atoms with Crippen molar-refractivity contribution in [3.63, 3.8) is 0 Å². The topological polar surface area (TPSA) is 119 Å². The molecule has 0 aliphatic heterocycles. The highest BCUT2D eigenvalue weighted by atomic mass is 35.7. The minimum Gasteiger partial charge on any atom is -0.455 e. The summed E-state index contributed by atoms with van der Waals surface area (Å²) in [4.78, 5) is 3.64. The first-order chi connectivity index (χ1) is 16.3. The molecule has 0 radical (unpaired) electrons. The average molecular weight is 478 g/mol. The maximum absolute atomic E-state index is 8.49. The van der Waals surface area contributed by atoms with Crippen molar-refractivity contribution >= 4 is 32.5 Å². The first-order valence-corrected chi connectivity index (χ1v) is 12.2. The zero-order chi connectivity index (χ0) is 24.1. The van der Waals surface area contributed by atoms with Gasteiger partial charge in [-0.1, -0.05) is 80.1 Å². The molecule has 5 aromatic rings. The fraction of sp³-hybridized carbons (Fsp3) is 0.148. The Morgan fingerprint density at radius 3 is 2.12 bits per heavy atom. The van der Waals surface area contributed by atoms with Crippen LogP contribution in [0.3, 0.4) is 0 Å². The third-order valence-corrected chi connectivity index (χ3v) is 5.54. The molecule has 5 rings (SSSR count). The molecular formula is C27H24ClNO5. The van der Waals surface area contributed by atoms with Crippen molar-refractivity contribution in [2.24, 2.45) is 0 Å². The molecule has 0 aliphatic rings. The minimum atomic E-state index is -4.94. The molecule has 0 atom stereocenters. The number of rotatable bonds is 4. The minimum absolute atomic E-state index is 0.888. The lowest BCUT2D eigenvalue weighted by atomic mass is 10.0. The molecule has 7 heteroatoms. The Kier molecular flexibility index (Phi) is 7.26. The maximum Gasteiger partial charge on any atom is 0.213 e. The summed E-state index contributed by atoms with van der Waals surface area (Å²) in [5.41, 5.74) is 2.03. The molecule has 4 aromatic carbocycles. The van der Waals surface area contributed by atoms with Crippen LogP contribution in [0.25, 0.3) is 43.8 Å². The molecule has 0 spiro atoms. The van der Waals surface area contributed by atoms with Crippen LogP contribution in [0.15, 0.2) is 89.3 Å². The second-order valence-corrected chi connectivity index (χ2v) is 8.66. The highest BCUT2D eigenvalue weighted by Gasteiger charge is 2.12. The van der Waals surface area contributed by atoms with Gasteiger partial charge in [-0.15, -0.1) is 10.2 Å². The summed E-state index contributed by atoms with van der Waals surface area (Å²) < 4.78 is 40.5. The summed E-state index contributed by atoms with van der Waals surface area (Å²) in [5, 5.41) is 7.06. The lowest BCUT2D eigenvalue weighted by molar-refractivity contribution is -2.00. The summed E-state index contributed by atoms with van der Waals surface area (Å²) in [6.07, 6.45) is 2.31. The lowest BCUT2D eigenvalue weighted by Crippen LogP contribution is -2.76. The molecule has 0 amide bonds. The predicted octanol–water partition coefficient (Wildman–Crippen LogP) is 0.432. The van der Waals surface area contributed by atoms with E-state index < -0.39 is 10.2 Å². The number of hydrogen-bond donors (Lipinski definition) is 1. The SMILES string of the molecule is CCCC[NH+]=c1cc(-c2ccc3ccccc3c2)oc2c1ccc1ccccc12.[O-][Cl+3]([O-])([O-])[O-]. The molecule has 0 aliphatic carbocycles. The van der Waals surface area contributed by atoms with Crippen molar-refractivity contribution in [3.8, 4) is 11.3 Å². The Morgan fingerprint density at radius 1 is 0.735 bits per heavy atom. The van der Waals surface area contributed by atoms with Crippen molar-refractivity contribution in [2.75, 3.05) is 6.54 Å². The zero-order valence-corrected chi connectivity index (χ0v) is 19.4. The quantitative estimate of drug-likeness (QED) is 0.297. The van der Waals surface area contributed by atoms with Gasteiger partial charge < -0.3 is 4.42 Å². The highest BCUT2D eigenvalue weighted by Crippen LogP contribution is 2.29. The van der Waals surface area contributed by atoms with Crippen LogP contribution in [-0.4, -0.2) is 6.54 Å². The molecule has 6 nitrogen and oxygen atoms in total. The summed E-state index contributed by atoms with van der Waals surface area (Å²) >= 11 is 0. The predicted molar refractivity (Wildman–Crippen MR) is 121 cm³/mol. The smallest absolute Gasteiger partial charge is 0.213 e. The Bertz CT molecular complexity index is 1500. The second kappa shape index (κ2) is 10.3. The van der Waals surface area contributed by atoms with E-state index in [1.54, 1.807) is 0 Å². The Hall–Kier alpha value is -3.26. The van der Waals surface area contributed by atoms with E-state index in [0.717, 1.165) is 46.0 Å². The summed E-state index contributed by atoms with van der Waals surface area (Å²) in [6.45, 7) is 3.17. The van der Waals surface area contributed by atoms with Gasteiger partial charge in [-0.3, -0.25) is 0 Å². The molecule has 0 saturated heterocycles. The Labute approximate surface area is 198 Å². The van der Waals surface area contributed by atoms with Gasteiger partial charge in [0.2, 0.25) is 5.36 Å². The maximum atomic E-state index is 8.49. The molecular weight excluding hydrogens is 454 g/mol. The van der Waals surface area contributed by atoms with Gasteiger partial charge in [0.15, 0.2) is 0 Å². The van der Waals surface area contributed by atoms with Crippen LogP contribution in [0.5, 0.6) is 0 Å². The molecule has 0 fully saturated rings. The molecule has 34 heavy (non-hydrogen) atoms. The van der Waals surface area contributed by atoms with Gasteiger partial charge >= 0.3 is 0 Å². The van der Waals surface area contributed by atoms with Crippen LogP contribution in [-0.2, 0) is 0 Å². The number of fused-ring (bicyclic) bond motifs is 4. The van der Waals surface area contributed by atoms with Gasteiger partial charge in [0.25, 0.3) is 0 Å². The van der Waals surface area contributed by atoms with Crippen LogP contribution < -0.4 is 29.0 Å². The Morgan fingerprint density at radius 2 is 1.38 bits per heavy atom. The summed E-state index contributed by atoms with van der Waals surface area (Å²) in [5.74, 6) is 0.888. The van der Waals surface area contributed by atoms with E-state index in [4.69, 9.17) is 23.1 Å². The van der Waals surface area contributed by atoms with E-state index in [2.05, 4.69) is 96.8 Å². The monoisotopic (exact) mass is 477 g/mol. The van der Waals surface area contributed by atoms with Crippen LogP contribution in [0.4, 0.5) is 0 Å². The molecule has 174 valence electrons. The van der Waals surface area contributed by atoms with Crippen LogP contribution in [0, 0.1) is 10.2 Å². The van der Waals surface area contributed by atoms with Gasteiger partial charge in [-0.05, 0) is 28.3 Å². The van der Waals surface area contributed by atoms with E-state index in [9.17, 15) is 0 Å². The lowest BCUT2D eigenvalue weighted by Gasteiger charge is -2.17. The van der Waals surface area contributed by atoms with Crippen molar-refractivity contribution < 1.29 is 38.3 Å². The zero-order valence-electron chi connectivity index (χ0n) is 18.6. The standard InChI is InChI=1S/C27H23NO.ClHO4/c1-2-3-16-28-25-18-26(22-13-12-19-8-4-5-10-21(19)17-22)29-27-23-11-7-6-9-20(23)14-15-24(25)27;2-1(3,4)5/h4-15,17-18H,2-3,16H2,1H3;(H,2,3,4,5). The molecule has 1 heterocycles. The van der Waals surface area contributed by atoms with E-state index >= 15 is 0 Å². The number of nitrogens with one attached hydrogen (secondary N) is 1. The largest absolute Gasteiger partial charge is 0.455 e. The van der Waals surface area contributed by atoms with Crippen molar-refractivity contribution in [1.29, 1.82) is 0 Å². The van der Waals surface area contributed by atoms with E-state index in [0.29, 0.717) is 0 Å². The molecule has 1 aromatic heterocycles. The first kappa shape index (κ1) is 23.9. The Balaban J connectivity index is 0.000000499. The average Bonchev–Trinajstić information content (AvgIpc) is 2.82. The number of unbranched alkanes of at least 4 members (excludes halogenated alkanes) is 1. The van der Waals surface area contributed by atoms with E-state index in [1.165, 1.54) is 22.6 Å². The van der Waals surface area contributed by atoms with Gasteiger partial charge in [0.05, 0.1) is 11.5 Å². The summed E-state index contributed by atoms with van der Waals surface area (Å²) in [7, 11) is -4.94. The van der Waals surface area contributed by atoms with Crippen LogP contribution in [0.1, 0.15) is 19.8 Å². The van der Waals surface area contributed by atoms with Gasteiger partial charge in [-0.2, -0.15) is 0 Å². The third kappa shape index (κ3) is 5.80. The van der Waals surface area contributed by atoms with E-state index in [1.807, 2.05) is 0 Å². The molecule has 0 unspecified atom stereocenters.